The minimum absolute atomic E-state index is 0.0157. The van der Waals surface area contributed by atoms with Gasteiger partial charge in [0.1, 0.15) is 11.6 Å². The molecular weight excluding hydrogens is 396 g/mol. The van der Waals surface area contributed by atoms with Gasteiger partial charge in [-0.2, -0.15) is 5.26 Å². The zero-order chi connectivity index (χ0) is 21.4. The number of nitrogens with zero attached hydrogens (tertiary/aromatic N) is 2. The minimum Gasteiger partial charge on any atom is -0.383 e. The Bertz CT molecular complexity index is 919. The van der Waals surface area contributed by atoms with Gasteiger partial charge in [0.15, 0.2) is 9.84 Å². The van der Waals surface area contributed by atoms with Crippen molar-refractivity contribution >= 4 is 33.0 Å². The normalized spacial score (nSPS) is 18.0. The van der Waals surface area contributed by atoms with Crippen LogP contribution in [0.3, 0.4) is 0 Å². The third-order valence-corrected chi connectivity index (χ3v) is 6.10. The molecule has 2 rings (SSSR count). The molecule has 0 aliphatic carbocycles. The van der Waals surface area contributed by atoms with Crippen LogP contribution in [0.25, 0.3) is 0 Å². The minimum atomic E-state index is -3.11. The number of nitriles is 1. The van der Waals surface area contributed by atoms with Gasteiger partial charge in [0.05, 0.1) is 18.1 Å². The second kappa shape index (κ2) is 10.0. The number of hydrogen-bond acceptors (Lipinski definition) is 7. The number of methoxy groups -OCH3 is 1. The van der Waals surface area contributed by atoms with Crippen molar-refractivity contribution in [1.82, 2.24) is 4.90 Å². The Balaban J connectivity index is 2.13. The molecule has 1 aliphatic rings. The van der Waals surface area contributed by atoms with Gasteiger partial charge in [-0.25, -0.2) is 8.42 Å². The van der Waals surface area contributed by atoms with Crippen molar-refractivity contribution in [2.24, 2.45) is 0 Å². The SMILES string of the molecule is COCCN(/C=C(/C#N)C(=O)Nc1ccc(NC(C)=O)cc1)C1CCS(=O)(=O)C1. The lowest BCUT2D eigenvalue weighted by Crippen LogP contribution is -2.35. The highest BCUT2D eigenvalue weighted by Gasteiger charge is 2.31. The third-order valence-electron chi connectivity index (χ3n) is 4.35. The summed E-state index contributed by atoms with van der Waals surface area (Å²) < 4.78 is 28.6. The lowest BCUT2D eigenvalue weighted by atomic mass is 10.2. The summed E-state index contributed by atoms with van der Waals surface area (Å²) in [6.07, 6.45) is 1.83. The standard InChI is InChI=1S/C19H24N4O5S/c1-14(24)21-16-3-5-17(6-4-16)22-19(25)15(11-20)12-23(8-9-28-2)18-7-10-29(26,27)13-18/h3-6,12,18H,7-10,13H2,1-2H3,(H,21,24)(H,22,25)/b15-12-. The number of ether oxygens (including phenoxy) is 1. The summed E-state index contributed by atoms with van der Waals surface area (Å²) in [5.74, 6) is -0.744. The smallest absolute Gasteiger partial charge is 0.267 e. The summed E-state index contributed by atoms with van der Waals surface area (Å²) in [7, 11) is -1.59. The van der Waals surface area contributed by atoms with Crippen molar-refractivity contribution in [3.05, 3.63) is 36.0 Å². The van der Waals surface area contributed by atoms with Crippen LogP contribution in [0.1, 0.15) is 13.3 Å². The van der Waals surface area contributed by atoms with E-state index in [-0.39, 0.29) is 29.0 Å². The topological polar surface area (TPSA) is 129 Å². The van der Waals surface area contributed by atoms with Gasteiger partial charge in [-0.3, -0.25) is 9.59 Å². The molecule has 1 aromatic rings. The van der Waals surface area contributed by atoms with Gasteiger partial charge in [-0.05, 0) is 30.7 Å². The summed E-state index contributed by atoms with van der Waals surface area (Å²) in [6, 6.07) is 8.02. The van der Waals surface area contributed by atoms with Crippen LogP contribution in [0.5, 0.6) is 0 Å². The van der Waals surface area contributed by atoms with Gasteiger partial charge in [-0.1, -0.05) is 0 Å². The average molecular weight is 420 g/mol. The van der Waals surface area contributed by atoms with Gasteiger partial charge in [0, 0.05) is 44.2 Å². The zero-order valence-electron chi connectivity index (χ0n) is 16.3. The molecule has 1 fully saturated rings. The van der Waals surface area contributed by atoms with E-state index in [1.807, 2.05) is 6.07 Å². The Hall–Kier alpha value is -2.90. The molecule has 1 saturated heterocycles. The monoisotopic (exact) mass is 420 g/mol. The third kappa shape index (κ3) is 6.89. The molecule has 1 aliphatic heterocycles. The van der Waals surface area contributed by atoms with Crippen LogP contribution in [0.2, 0.25) is 0 Å². The summed E-state index contributed by atoms with van der Waals surface area (Å²) in [5.41, 5.74) is 0.896. The maximum atomic E-state index is 12.5. The van der Waals surface area contributed by atoms with Gasteiger partial charge in [0.2, 0.25) is 5.91 Å². The van der Waals surface area contributed by atoms with Crippen molar-refractivity contribution < 1.29 is 22.7 Å². The summed E-state index contributed by atoms with van der Waals surface area (Å²) in [5, 5.41) is 14.7. The van der Waals surface area contributed by atoms with Crippen LogP contribution >= 0.6 is 0 Å². The largest absolute Gasteiger partial charge is 0.383 e. The highest BCUT2D eigenvalue weighted by atomic mass is 32.2. The predicted molar refractivity (Wildman–Crippen MR) is 109 cm³/mol. The van der Waals surface area contributed by atoms with Gasteiger partial charge < -0.3 is 20.3 Å². The zero-order valence-corrected chi connectivity index (χ0v) is 17.2. The Morgan fingerprint density at radius 3 is 2.38 bits per heavy atom. The Morgan fingerprint density at radius 1 is 1.28 bits per heavy atom. The first kappa shape index (κ1) is 22.4. The molecule has 0 aromatic heterocycles. The lowest BCUT2D eigenvalue weighted by molar-refractivity contribution is -0.114. The summed E-state index contributed by atoms with van der Waals surface area (Å²) >= 11 is 0. The number of carbonyl (C=O) groups is 2. The van der Waals surface area contributed by atoms with Crippen molar-refractivity contribution in [3.63, 3.8) is 0 Å². The molecule has 1 heterocycles. The Labute approximate surface area is 170 Å². The van der Waals surface area contributed by atoms with Crippen LogP contribution < -0.4 is 10.6 Å². The van der Waals surface area contributed by atoms with Crippen molar-refractivity contribution in [2.75, 3.05) is 42.4 Å². The van der Waals surface area contributed by atoms with E-state index in [2.05, 4.69) is 10.6 Å². The highest BCUT2D eigenvalue weighted by molar-refractivity contribution is 7.91. The first-order chi connectivity index (χ1) is 13.7. The molecule has 29 heavy (non-hydrogen) atoms. The Morgan fingerprint density at radius 2 is 1.90 bits per heavy atom. The summed E-state index contributed by atoms with van der Waals surface area (Å²) in [6.45, 7) is 2.09. The average Bonchev–Trinajstić information content (AvgIpc) is 3.02. The van der Waals surface area contributed by atoms with Crippen LogP contribution in [0.15, 0.2) is 36.0 Å². The molecule has 9 nitrogen and oxygen atoms in total. The van der Waals surface area contributed by atoms with Crippen molar-refractivity contribution in [3.8, 4) is 6.07 Å². The van der Waals surface area contributed by atoms with E-state index in [9.17, 15) is 23.3 Å². The van der Waals surface area contributed by atoms with E-state index < -0.39 is 15.7 Å². The second-order valence-electron chi connectivity index (χ2n) is 6.65. The lowest BCUT2D eigenvalue weighted by Gasteiger charge is -2.26. The molecule has 10 heteroatoms. The van der Waals surface area contributed by atoms with Crippen LogP contribution in [-0.4, -0.2) is 62.9 Å². The first-order valence-electron chi connectivity index (χ1n) is 9.00. The van der Waals surface area contributed by atoms with E-state index in [1.54, 1.807) is 29.2 Å². The fourth-order valence-corrected chi connectivity index (χ4v) is 4.67. The maximum absolute atomic E-state index is 12.5. The number of benzene rings is 1. The molecule has 0 radical (unpaired) electrons. The molecule has 1 atom stereocenters. The molecule has 0 bridgehead atoms. The molecule has 2 amide bonds. The molecule has 156 valence electrons. The number of rotatable bonds is 8. The number of sulfone groups is 1. The van der Waals surface area contributed by atoms with Gasteiger partial charge in [0.25, 0.3) is 5.91 Å². The fraction of sp³-hybridized carbons (Fsp3) is 0.421. The predicted octanol–water partition coefficient (Wildman–Crippen LogP) is 1.13. The molecule has 0 saturated carbocycles. The quantitative estimate of drug-likeness (QED) is 0.476. The fourth-order valence-electron chi connectivity index (χ4n) is 2.93. The van der Waals surface area contributed by atoms with Crippen LogP contribution in [0, 0.1) is 11.3 Å². The Kier molecular flexibility index (Phi) is 7.75. The second-order valence-corrected chi connectivity index (χ2v) is 8.88. The van der Waals surface area contributed by atoms with Gasteiger partial charge >= 0.3 is 0 Å². The van der Waals surface area contributed by atoms with E-state index in [1.165, 1.54) is 20.2 Å². The number of nitrogens with one attached hydrogen (secondary N) is 2. The number of carbonyl (C=O) groups excluding carboxylic acids is 2. The van der Waals surface area contributed by atoms with E-state index in [0.29, 0.717) is 30.9 Å². The maximum Gasteiger partial charge on any atom is 0.267 e. The van der Waals surface area contributed by atoms with Gasteiger partial charge in [-0.15, -0.1) is 0 Å². The van der Waals surface area contributed by atoms with E-state index in [0.717, 1.165) is 0 Å². The van der Waals surface area contributed by atoms with Crippen LogP contribution in [0.4, 0.5) is 11.4 Å². The summed E-state index contributed by atoms with van der Waals surface area (Å²) in [4.78, 5) is 25.3. The van der Waals surface area contributed by atoms with E-state index in [4.69, 9.17) is 4.74 Å². The molecule has 1 unspecified atom stereocenters. The number of hydrogen-bond donors (Lipinski definition) is 2. The molecule has 2 N–H and O–H groups in total. The highest BCUT2D eigenvalue weighted by Crippen LogP contribution is 2.19. The number of amides is 2. The first-order valence-corrected chi connectivity index (χ1v) is 10.8. The number of anilines is 2. The molecule has 1 aromatic carbocycles. The molecular formula is C19H24N4O5S. The van der Waals surface area contributed by atoms with Crippen molar-refractivity contribution in [2.45, 2.75) is 19.4 Å². The van der Waals surface area contributed by atoms with E-state index >= 15 is 0 Å². The molecule has 0 spiro atoms. The van der Waals surface area contributed by atoms with Crippen LogP contribution in [-0.2, 0) is 24.2 Å². The van der Waals surface area contributed by atoms with Crippen molar-refractivity contribution in [1.29, 1.82) is 5.26 Å².